The molecule has 0 saturated carbocycles. The number of benzene rings is 2. The summed E-state index contributed by atoms with van der Waals surface area (Å²) >= 11 is 1.52. The van der Waals surface area contributed by atoms with Crippen molar-refractivity contribution >= 4 is 34.7 Å². The summed E-state index contributed by atoms with van der Waals surface area (Å²) in [5, 5.41) is 12.1. The number of carbonyl (C=O) groups is 3. The second kappa shape index (κ2) is 9.31. The van der Waals surface area contributed by atoms with Crippen molar-refractivity contribution in [1.29, 1.82) is 0 Å². The summed E-state index contributed by atoms with van der Waals surface area (Å²) in [7, 11) is 0. The van der Waals surface area contributed by atoms with E-state index < -0.39 is 5.41 Å². The first-order chi connectivity index (χ1) is 17.0. The van der Waals surface area contributed by atoms with Crippen molar-refractivity contribution < 1.29 is 14.4 Å². The van der Waals surface area contributed by atoms with Gasteiger partial charge in [0, 0.05) is 18.3 Å². The van der Waals surface area contributed by atoms with Crippen molar-refractivity contribution in [3.05, 3.63) is 89.4 Å². The van der Waals surface area contributed by atoms with Crippen molar-refractivity contribution in [2.75, 3.05) is 5.32 Å². The van der Waals surface area contributed by atoms with Crippen molar-refractivity contribution in [2.24, 2.45) is 0 Å². The zero-order valence-corrected chi connectivity index (χ0v) is 20.0. The predicted octanol–water partition coefficient (Wildman–Crippen LogP) is 4.94. The molecule has 0 aliphatic carbocycles. The minimum absolute atomic E-state index is 0.236. The highest BCUT2D eigenvalue weighted by molar-refractivity contribution is 7.13. The molecule has 0 radical (unpaired) electrons. The molecule has 1 aliphatic heterocycles. The number of nitrogens with zero attached hydrogens (tertiary/aromatic N) is 2. The number of piperidine rings is 1. The Hall–Kier alpha value is -4.04. The van der Waals surface area contributed by atoms with Crippen LogP contribution >= 0.6 is 11.3 Å². The number of thiophene rings is 1. The molecule has 1 atom stereocenters. The molecule has 2 aromatic heterocycles. The van der Waals surface area contributed by atoms with Gasteiger partial charge in [-0.25, -0.2) is 4.68 Å². The topological polar surface area (TPSA) is 93.1 Å². The molecule has 1 fully saturated rings. The number of hydrogen-bond donors (Lipinski definition) is 2. The minimum atomic E-state index is -0.736. The Kier molecular flexibility index (Phi) is 6.05. The van der Waals surface area contributed by atoms with Gasteiger partial charge in [-0.1, -0.05) is 43.3 Å². The Morgan fingerprint density at radius 2 is 1.86 bits per heavy atom. The lowest BCUT2D eigenvalue weighted by Gasteiger charge is -2.35. The van der Waals surface area contributed by atoms with Crippen LogP contribution in [-0.2, 0) is 15.0 Å². The van der Waals surface area contributed by atoms with Crippen LogP contribution in [0.25, 0.3) is 16.3 Å². The lowest BCUT2D eigenvalue weighted by molar-refractivity contribution is -0.138. The van der Waals surface area contributed by atoms with Gasteiger partial charge in [0.25, 0.3) is 5.91 Å². The van der Waals surface area contributed by atoms with E-state index in [1.165, 1.54) is 11.3 Å². The van der Waals surface area contributed by atoms with Gasteiger partial charge in [-0.3, -0.25) is 19.7 Å². The summed E-state index contributed by atoms with van der Waals surface area (Å²) < 4.78 is 1.71. The highest BCUT2D eigenvalue weighted by Crippen LogP contribution is 2.36. The molecule has 8 heteroatoms. The molecular weight excluding hydrogens is 460 g/mol. The molecule has 176 valence electrons. The number of nitrogens with one attached hydrogen (secondary N) is 2. The number of amides is 3. The number of imide groups is 1. The van der Waals surface area contributed by atoms with Gasteiger partial charge < -0.3 is 5.32 Å². The van der Waals surface area contributed by atoms with E-state index in [4.69, 9.17) is 0 Å². The SMILES string of the molecule is CCC1(c2ccc(NC(=O)c3cn(-c4ccccc4)nc3-c3cccs3)cc2)CCC(=O)NC1=O. The van der Waals surface area contributed by atoms with Crippen LogP contribution < -0.4 is 10.6 Å². The number of carbonyl (C=O) groups excluding carboxylic acids is 3. The van der Waals surface area contributed by atoms with Gasteiger partial charge in [-0.05, 0) is 54.1 Å². The molecule has 4 aromatic rings. The highest BCUT2D eigenvalue weighted by atomic mass is 32.1. The van der Waals surface area contributed by atoms with Crippen molar-refractivity contribution in [1.82, 2.24) is 15.1 Å². The van der Waals surface area contributed by atoms with E-state index in [1.54, 1.807) is 23.0 Å². The molecule has 1 aliphatic rings. The van der Waals surface area contributed by atoms with E-state index in [1.807, 2.05) is 66.9 Å². The molecule has 7 nitrogen and oxygen atoms in total. The molecule has 1 unspecified atom stereocenters. The Morgan fingerprint density at radius 3 is 2.51 bits per heavy atom. The monoisotopic (exact) mass is 484 g/mol. The standard InChI is InChI=1S/C27H24N4O3S/c1-2-27(15-14-23(32)29-26(27)34)18-10-12-19(13-11-18)28-25(33)21-17-31(20-7-4-3-5-8-20)30-24(21)22-9-6-16-35-22/h3-13,16-17H,2,14-15H2,1H3,(H,28,33)(H,29,32,34). The van der Waals surface area contributed by atoms with E-state index in [2.05, 4.69) is 15.7 Å². The number of para-hydroxylation sites is 1. The Balaban J connectivity index is 1.42. The number of anilines is 1. The van der Waals surface area contributed by atoms with Gasteiger partial charge in [0.1, 0.15) is 5.69 Å². The second-order valence-electron chi connectivity index (χ2n) is 8.49. The van der Waals surface area contributed by atoms with Crippen LogP contribution in [0.1, 0.15) is 42.1 Å². The van der Waals surface area contributed by atoms with Crippen LogP contribution in [0.3, 0.4) is 0 Å². The quantitative estimate of drug-likeness (QED) is 0.379. The normalized spacial score (nSPS) is 17.7. The molecule has 2 N–H and O–H groups in total. The van der Waals surface area contributed by atoms with Gasteiger partial charge in [0.05, 0.1) is 21.5 Å². The van der Waals surface area contributed by atoms with Crippen molar-refractivity contribution in [2.45, 2.75) is 31.6 Å². The van der Waals surface area contributed by atoms with Crippen LogP contribution in [0.5, 0.6) is 0 Å². The third-order valence-electron chi connectivity index (χ3n) is 6.50. The molecule has 0 spiro atoms. The molecule has 5 rings (SSSR count). The van der Waals surface area contributed by atoms with Crippen LogP contribution in [0.4, 0.5) is 5.69 Å². The van der Waals surface area contributed by atoms with Gasteiger partial charge >= 0.3 is 0 Å². The molecule has 2 aromatic carbocycles. The molecule has 0 bridgehead atoms. The molecule has 1 saturated heterocycles. The molecule has 35 heavy (non-hydrogen) atoms. The smallest absolute Gasteiger partial charge is 0.259 e. The Labute approximate surface area is 206 Å². The van der Waals surface area contributed by atoms with E-state index in [0.29, 0.717) is 36.2 Å². The summed E-state index contributed by atoms with van der Waals surface area (Å²) in [4.78, 5) is 38.5. The first-order valence-electron chi connectivity index (χ1n) is 11.5. The van der Waals surface area contributed by atoms with Crippen LogP contribution in [0, 0.1) is 0 Å². The van der Waals surface area contributed by atoms with Gasteiger partial charge in [-0.15, -0.1) is 11.3 Å². The first kappa shape index (κ1) is 22.7. The third-order valence-corrected chi connectivity index (χ3v) is 7.38. The van der Waals surface area contributed by atoms with E-state index in [9.17, 15) is 14.4 Å². The van der Waals surface area contributed by atoms with E-state index in [0.717, 1.165) is 16.1 Å². The molecule has 3 heterocycles. The Morgan fingerprint density at radius 1 is 1.09 bits per heavy atom. The first-order valence-corrected chi connectivity index (χ1v) is 12.3. The summed E-state index contributed by atoms with van der Waals surface area (Å²) in [5.74, 6) is -0.767. The fraction of sp³-hybridized carbons (Fsp3) is 0.185. The number of rotatable bonds is 6. The van der Waals surface area contributed by atoms with Gasteiger partial charge in [-0.2, -0.15) is 5.10 Å². The Bertz CT molecular complexity index is 1380. The average molecular weight is 485 g/mol. The maximum atomic E-state index is 13.3. The summed E-state index contributed by atoms with van der Waals surface area (Å²) in [6.07, 6.45) is 3.11. The minimum Gasteiger partial charge on any atom is -0.322 e. The van der Waals surface area contributed by atoms with Gasteiger partial charge in [0.2, 0.25) is 11.8 Å². The fourth-order valence-electron chi connectivity index (χ4n) is 4.49. The summed E-state index contributed by atoms with van der Waals surface area (Å²) in [5.41, 5.74) is 2.66. The van der Waals surface area contributed by atoms with Crippen LogP contribution in [0.2, 0.25) is 0 Å². The zero-order chi connectivity index (χ0) is 24.4. The average Bonchev–Trinajstić information content (AvgIpc) is 3.56. The largest absolute Gasteiger partial charge is 0.322 e. The molecule has 3 amide bonds. The van der Waals surface area contributed by atoms with Crippen LogP contribution in [-0.4, -0.2) is 27.5 Å². The highest BCUT2D eigenvalue weighted by Gasteiger charge is 2.42. The van der Waals surface area contributed by atoms with Crippen molar-refractivity contribution in [3.63, 3.8) is 0 Å². The second-order valence-corrected chi connectivity index (χ2v) is 9.44. The molecular formula is C27H24N4O3S. The van der Waals surface area contributed by atoms with E-state index in [-0.39, 0.29) is 17.7 Å². The maximum Gasteiger partial charge on any atom is 0.259 e. The summed E-state index contributed by atoms with van der Waals surface area (Å²) in [6, 6.07) is 20.8. The third kappa shape index (κ3) is 4.28. The predicted molar refractivity (Wildman–Crippen MR) is 136 cm³/mol. The fourth-order valence-corrected chi connectivity index (χ4v) is 5.21. The zero-order valence-electron chi connectivity index (χ0n) is 19.2. The maximum absolute atomic E-state index is 13.3. The lowest BCUT2D eigenvalue weighted by Crippen LogP contribution is -2.51. The van der Waals surface area contributed by atoms with Gasteiger partial charge in [0.15, 0.2) is 0 Å². The van der Waals surface area contributed by atoms with Crippen LogP contribution in [0.15, 0.2) is 78.3 Å². The van der Waals surface area contributed by atoms with Crippen molar-refractivity contribution in [3.8, 4) is 16.3 Å². The summed E-state index contributed by atoms with van der Waals surface area (Å²) in [6.45, 7) is 1.95. The number of aromatic nitrogens is 2. The van der Waals surface area contributed by atoms with E-state index >= 15 is 0 Å². The number of hydrogen-bond acceptors (Lipinski definition) is 5. The lowest BCUT2D eigenvalue weighted by atomic mass is 9.72.